The van der Waals surface area contributed by atoms with E-state index >= 15 is 0 Å². The molecule has 2 N–H and O–H groups in total. The summed E-state index contributed by atoms with van der Waals surface area (Å²) in [4.78, 5) is 4.81. The summed E-state index contributed by atoms with van der Waals surface area (Å²) >= 11 is 0. The van der Waals surface area contributed by atoms with E-state index in [1.807, 2.05) is 0 Å². The molecule has 0 aromatic heterocycles. The van der Waals surface area contributed by atoms with Crippen LogP contribution < -0.4 is 0 Å². The molecule has 0 radical (unpaired) electrons. The maximum absolute atomic E-state index is 8.56. The molecular formula is C9H19NO4. The van der Waals surface area contributed by atoms with E-state index in [1.54, 1.807) is 7.11 Å². The Morgan fingerprint density at radius 1 is 1.21 bits per heavy atom. The van der Waals surface area contributed by atoms with Crippen molar-refractivity contribution in [1.82, 2.24) is 5.39 Å². The Kier molecular flexibility index (Phi) is 4.28. The van der Waals surface area contributed by atoms with Crippen molar-refractivity contribution in [3.63, 3.8) is 0 Å². The fourth-order valence-corrected chi connectivity index (χ4v) is 2.02. The highest BCUT2D eigenvalue weighted by molar-refractivity contribution is 4.86. The molecule has 0 aromatic carbocycles. The number of hydrogen-bond acceptors (Lipinski definition) is 5. The second-order valence-corrected chi connectivity index (χ2v) is 4.15. The van der Waals surface area contributed by atoms with Crippen molar-refractivity contribution in [2.24, 2.45) is 11.8 Å². The summed E-state index contributed by atoms with van der Waals surface area (Å²) in [6.45, 7) is 4.30. The molecule has 1 fully saturated rings. The van der Waals surface area contributed by atoms with E-state index in [0.29, 0.717) is 11.8 Å². The molecule has 1 rings (SSSR count). The first-order valence-corrected chi connectivity index (χ1v) is 4.92. The summed E-state index contributed by atoms with van der Waals surface area (Å²) in [5.41, 5.74) is 0. The molecule has 0 aromatic rings. The van der Waals surface area contributed by atoms with Gasteiger partial charge < -0.3 is 4.74 Å². The van der Waals surface area contributed by atoms with Crippen LogP contribution >= 0.6 is 0 Å². The van der Waals surface area contributed by atoms with Gasteiger partial charge in [0.05, 0.1) is 11.5 Å². The van der Waals surface area contributed by atoms with E-state index < -0.39 is 0 Å². The fraction of sp³-hybridized carbons (Fsp3) is 1.00. The third-order valence-electron chi connectivity index (χ3n) is 2.96. The van der Waals surface area contributed by atoms with Crippen LogP contribution in [-0.4, -0.2) is 35.1 Å². The Hall–Kier alpha value is -0.200. The first-order valence-electron chi connectivity index (χ1n) is 4.92. The second-order valence-electron chi connectivity index (χ2n) is 4.15. The minimum Gasteiger partial charge on any atom is -0.379 e. The number of ether oxygens (including phenoxy) is 1. The van der Waals surface area contributed by atoms with Crippen LogP contribution in [0.3, 0.4) is 0 Å². The Morgan fingerprint density at radius 3 is 2.21 bits per heavy atom. The Balaban J connectivity index is 2.49. The van der Waals surface area contributed by atoms with Gasteiger partial charge in [0.1, 0.15) is 6.10 Å². The van der Waals surface area contributed by atoms with Gasteiger partial charge in [0.15, 0.2) is 0 Å². The van der Waals surface area contributed by atoms with Crippen LogP contribution in [0.1, 0.15) is 26.7 Å². The van der Waals surface area contributed by atoms with Gasteiger partial charge in [-0.05, 0) is 24.7 Å². The van der Waals surface area contributed by atoms with Crippen molar-refractivity contribution in [1.29, 1.82) is 0 Å². The molecule has 0 saturated heterocycles. The zero-order valence-corrected chi connectivity index (χ0v) is 8.88. The molecule has 0 aliphatic heterocycles. The molecule has 14 heavy (non-hydrogen) atoms. The van der Waals surface area contributed by atoms with Crippen LogP contribution in [0.4, 0.5) is 0 Å². The molecule has 1 aliphatic rings. The van der Waals surface area contributed by atoms with Crippen LogP contribution in [0.25, 0.3) is 0 Å². The van der Waals surface area contributed by atoms with E-state index in [4.69, 9.17) is 20.0 Å². The lowest BCUT2D eigenvalue weighted by molar-refractivity contribution is -0.508. The van der Waals surface area contributed by atoms with Crippen molar-refractivity contribution < 1.29 is 20.0 Å². The fourth-order valence-electron chi connectivity index (χ4n) is 2.02. The number of nitrogens with zero attached hydrogens (tertiary/aromatic N) is 1. The molecule has 5 nitrogen and oxygen atoms in total. The van der Waals surface area contributed by atoms with Crippen molar-refractivity contribution in [3.8, 4) is 0 Å². The van der Waals surface area contributed by atoms with Crippen molar-refractivity contribution in [2.45, 2.75) is 38.9 Å². The molecule has 1 saturated carbocycles. The highest BCUT2D eigenvalue weighted by atomic mass is 17.1. The summed E-state index contributed by atoms with van der Waals surface area (Å²) in [5.74, 6) is 1.08. The molecule has 0 heterocycles. The highest BCUT2D eigenvalue weighted by Gasteiger charge is 2.37. The van der Waals surface area contributed by atoms with Crippen molar-refractivity contribution in [3.05, 3.63) is 0 Å². The molecule has 5 heteroatoms. The summed E-state index contributed by atoms with van der Waals surface area (Å²) in [6, 6.07) is 0. The van der Waals surface area contributed by atoms with Crippen LogP contribution in [0.15, 0.2) is 0 Å². The molecule has 84 valence electrons. The Labute approximate surface area is 84.1 Å². The second kappa shape index (κ2) is 5.04. The van der Waals surface area contributed by atoms with E-state index in [-0.39, 0.29) is 17.6 Å². The molecule has 1 aliphatic carbocycles. The zero-order valence-electron chi connectivity index (χ0n) is 8.88. The van der Waals surface area contributed by atoms with Gasteiger partial charge in [-0.25, -0.2) is 4.84 Å². The molecular weight excluding hydrogens is 186 g/mol. The normalized spacial score (nSPS) is 33.2. The number of methoxy groups -OCH3 is 1. The minimum atomic E-state index is -0.262. The molecule has 1 unspecified atom stereocenters. The standard InChI is InChI=1S/C9H19NO4/c1-6(2)7-4-8(13-3)9(5-7)14-10(11)12/h6-9,11-12H,4-5H2,1-3H3/t7-,8+,9?/m1/s1. The summed E-state index contributed by atoms with van der Waals surface area (Å²) in [6.07, 6.45) is 1.40. The predicted octanol–water partition coefficient (Wildman–Crippen LogP) is 1.45. The quantitative estimate of drug-likeness (QED) is 0.680. The Morgan fingerprint density at radius 2 is 1.79 bits per heavy atom. The maximum atomic E-state index is 8.56. The van der Waals surface area contributed by atoms with Gasteiger partial charge in [-0.2, -0.15) is 0 Å². The first kappa shape index (κ1) is 11.9. The van der Waals surface area contributed by atoms with Crippen molar-refractivity contribution >= 4 is 0 Å². The summed E-state index contributed by atoms with van der Waals surface area (Å²) < 4.78 is 5.23. The zero-order chi connectivity index (χ0) is 10.7. The Bertz CT molecular complexity index is 174. The lowest BCUT2D eigenvalue weighted by atomic mass is 9.94. The van der Waals surface area contributed by atoms with E-state index in [1.165, 1.54) is 0 Å². The van der Waals surface area contributed by atoms with Crippen LogP contribution in [0.2, 0.25) is 0 Å². The first-order chi connectivity index (χ1) is 6.54. The summed E-state index contributed by atoms with van der Waals surface area (Å²) in [7, 11) is 1.61. The van der Waals surface area contributed by atoms with Gasteiger partial charge in [0, 0.05) is 7.11 Å². The topological polar surface area (TPSA) is 62.2 Å². The van der Waals surface area contributed by atoms with Crippen molar-refractivity contribution in [2.75, 3.05) is 7.11 Å². The van der Waals surface area contributed by atoms with Gasteiger partial charge >= 0.3 is 0 Å². The third kappa shape index (κ3) is 2.90. The molecule has 0 amide bonds. The van der Waals surface area contributed by atoms with Gasteiger partial charge in [0.2, 0.25) is 0 Å². The SMILES string of the molecule is CO[C@H]1C[C@@H](C(C)C)CC1ON(O)O. The predicted molar refractivity (Wildman–Crippen MR) is 48.6 cm³/mol. The van der Waals surface area contributed by atoms with E-state index in [2.05, 4.69) is 13.8 Å². The van der Waals surface area contributed by atoms with Crippen LogP contribution in [0.5, 0.6) is 0 Å². The molecule has 0 spiro atoms. The van der Waals surface area contributed by atoms with Crippen LogP contribution in [0, 0.1) is 11.8 Å². The molecule has 3 atom stereocenters. The largest absolute Gasteiger partial charge is 0.379 e. The van der Waals surface area contributed by atoms with E-state index in [0.717, 1.165) is 12.8 Å². The lowest BCUT2D eigenvalue weighted by Crippen LogP contribution is -2.31. The van der Waals surface area contributed by atoms with Gasteiger partial charge in [-0.15, -0.1) is 0 Å². The minimum absolute atomic E-state index is 0.0517. The summed E-state index contributed by atoms with van der Waals surface area (Å²) in [5, 5.41) is 16.9. The highest BCUT2D eigenvalue weighted by Crippen LogP contribution is 2.34. The monoisotopic (exact) mass is 205 g/mol. The third-order valence-corrected chi connectivity index (χ3v) is 2.96. The lowest BCUT2D eigenvalue weighted by Gasteiger charge is -2.18. The van der Waals surface area contributed by atoms with E-state index in [9.17, 15) is 0 Å². The molecule has 0 bridgehead atoms. The van der Waals surface area contributed by atoms with Crippen LogP contribution in [-0.2, 0) is 9.57 Å². The van der Waals surface area contributed by atoms with Gasteiger partial charge in [-0.1, -0.05) is 13.8 Å². The number of hydrogen-bond donors (Lipinski definition) is 2. The average molecular weight is 205 g/mol. The smallest absolute Gasteiger partial charge is 0.111 e. The van der Waals surface area contributed by atoms with Gasteiger partial charge in [-0.3, -0.25) is 10.4 Å². The van der Waals surface area contributed by atoms with Gasteiger partial charge in [0.25, 0.3) is 0 Å². The maximum Gasteiger partial charge on any atom is 0.111 e. The number of rotatable bonds is 4. The average Bonchev–Trinajstić information content (AvgIpc) is 2.46.